The molecule has 1 unspecified atom stereocenters. The molecule has 1 atom stereocenters. The van der Waals surface area contributed by atoms with Gasteiger partial charge in [0.25, 0.3) is 0 Å². The van der Waals surface area contributed by atoms with Crippen molar-refractivity contribution in [1.82, 2.24) is 4.90 Å². The molecule has 1 rings (SSSR count). The molecule has 0 radical (unpaired) electrons. The summed E-state index contributed by atoms with van der Waals surface area (Å²) in [4.78, 5) is 2.50. The normalized spacial score (nSPS) is 12.6. The van der Waals surface area contributed by atoms with Gasteiger partial charge in [-0.1, -0.05) is 57.0 Å². The van der Waals surface area contributed by atoms with E-state index in [4.69, 9.17) is 11.1 Å². The van der Waals surface area contributed by atoms with Crippen molar-refractivity contribution in [3.8, 4) is 0 Å². The molecule has 0 aliphatic rings. The Kier molecular flexibility index (Phi) is 7.97. The average molecular weight is 275 g/mol. The van der Waals surface area contributed by atoms with Gasteiger partial charge >= 0.3 is 0 Å². The third-order valence-electron chi connectivity index (χ3n) is 3.64. The summed E-state index contributed by atoms with van der Waals surface area (Å²) in [5, 5.41) is 7.67. The molecule has 0 amide bonds. The van der Waals surface area contributed by atoms with Gasteiger partial charge in [-0.25, -0.2) is 0 Å². The number of rotatable bonds is 10. The zero-order chi connectivity index (χ0) is 14.8. The number of nitrogens with two attached hydrogens (primary N) is 1. The lowest BCUT2D eigenvalue weighted by atomic mass is 10.0. The van der Waals surface area contributed by atoms with Gasteiger partial charge in [-0.3, -0.25) is 10.3 Å². The molecule has 3 heteroatoms. The minimum absolute atomic E-state index is 0.242. The zero-order valence-corrected chi connectivity index (χ0v) is 12.9. The van der Waals surface area contributed by atoms with Crippen LogP contribution in [0.3, 0.4) is 0 Å². The van der Waals surface area contributed by atoms with Crippen LogP contribution in [0.5, 0.6) is 0 Å². The molecule has 0 spiro atoms. The molecule has 1 aromatic carbocycles. The van der Waals surface area contributed by atoms with E-state index in [9.17, 15) is 0 Å². The lowest BCUT2D eigenvalue weighted by molar-refractivity contribution is 0.195. The predicted molar refractivity (Wildman–Crippen MR) is 87.1 cm³/mol. The fourth-order valence-electron chi connectivity index (χ4n) is 2.49. The molecule has 0 bridgehead atoms. The molecular weight excluding hydrogens is 246 g/mol. The Morgan fingerprint density at radius 1 is 1.10 bits per heavy atom. The fraction of sp³-hybridized carbons (Fsp3) is 0.588. The van der Waals surface area contributed by atoms with Crippen LogP contribution in [0.4, 0.5) is 0 Å². The molecule has 3 N–H and O–H groups in total. The number of amidine groups is 1. The molecule has 0 aliphatic heterocycles. The van der Waals surface area contributed by atoms with E-state index in [2.05, 4.69) is 43.0 Å². The summed E-state index contributed by atoms with van der Waals surface area (Å²) in [6.45, 7) is 6.62. The van der Waals surface area contributed by atoms with Crippen molar-refractivity contribution in [2.75, 3.05) is 13.1 Å². The zero-order valence-electron chi connectivity index (χ0n) is 12.9. The Bertz CT molecular complexity index is 367. The number of hydrogen-bond donors (Lipinski definition) is 2. The van der Waals surface area contributed by atoms with Gasteiger partial charge in [-0.05, 0) is 31.5 Å². The first-order chi connectivity index (χ1) is 9.69. The van der Waals surface area contributed by atoms with Crippen LogP contribution >= 0.6 is 0 Å². The Balaban J connectivity index is 2.87. The third-order valence-corrected chi connectivity index (χ3v) is 3.64. The Morgan fingerprint density at radius 3 is 2.10 bits per heavy atom. The molecule has 20 heavy (non-hydrogen) atoms. The highest BCUT2D eigenvalue weighted by molar-refractivity contribution is 5.77. The summed E-state index contributed by atoms with van der Waals surface area (Å²) in [5.41, 5.74) is 6.96. The minimum atomic E-state index is 0.242. The highest BCUT2D eigenvalue weighted by Crippen LogP contribution is 2.25. The maximum atomic E-state index is 7.67. The maximum absolute atomic E-state index is 7.67. The van der Waals surface area contributed by atoms with Gasteiger partial charge in [0, 0.05) is 12.5 Å². The number of nitrogens with zero attached hydrogens (tertiary/aromatic N) is 1. The first-order valence-electron chi connectivity index (χ1n) is 7.80. The van der Waals surface area contributed by atoms with Crippen LogP contribution in [0.25, 0.3) is 0 Å². The summed E-state index contributed by atoms with van der Waals surface area (Å²) < 4.78 is 0. The van der Waals surface area contributed by atoms with Crippen molar-refractivity contribution in [3.63, 3.8) is 0 Å². The van der Waals surface area contributed by atoms with Gasteiger partial charge in [0.15, 0.2) is 0 Å². The molecule has 112 valence electrons. The Morgan fingerprint density at radius 2 is 1.65 bits per heavy atom. The SMILES string of the molecule is CCCCN(CCCC)C(CC(=N)N)c1ccccc1. The average Bonchev–Trinajstić information content (AvgIpc) is 2.46. The molecule has 0 fully saturated rings. The second-order valence-corrected chi connectivity index (χ2v) is 5.40. The molecule has 0 aromatic heterocycles. The van der Waals surface area contributed by atoms with Gasteiger partial charge in [0.1, 0.15) is 0 Å². The van der Waals surface area contributed by atoms with E-state index in [0.29, 0.717) is 6.42 Å². The Labute approximate surface area is 123 Å². The first kappa shape index (κ1) is 16.7. The molecule has 0 saturated carbocycles. The summed E-state index contributed by atoms with van der Waals surface area (Å²) in [6.07, 6.45) is 5.42. The molecular formula is C17H29N3. The predicted octanol–water partition coefficient (Wildman–Crippen LogP) is 3.96. The summed E-state index contributed by atoms with van der Waals surface area (Å²) in [5.74, 6) is 0.275. The van der Waals surface area contributed by atoms with Gasteiger partial charge in [0.05, 0.1) is 5.84 Å². The van der Waals surface area contributed by atoms with E-state index in [1.54, 1.807) is 0 Å². The van der Waals surface area contributed by atoms with E-state index in [0.717, 1.165) is 13.1 Å². The number of benzene rings is 1. The topological polar surface area (TPSA) is 53.1 Å². The van der Waals surface area contributed by atoms with E-state index in [1.165, 1.54) is 31.2 Å². The lowest BCUT2D eigenvalue weighted by Crippen LogP contribution is -2.33. The number of hydrogen-bond acceptors (Lipinski definition) is 2. The second kappa shape index (κ2) is 9.54. The van der Waals surface area contributed by atoms with Crippen LogP contribution < -0.4 is 5.73 Å². The lowest BCUT2D eigenvalue weighted by Gasteiger charge is -2.32. The highest BCUT2D eigenvalue weighted by Gasteiger charge is 2.20. The van der Waals surface area contributed by atoms with E-state index in [-0.39, 0.29) is 11.9 Å². The van der Waals surface area contributed by atoms with Crippen LogP contribution in [0.2, 0.25) is 0 Å². The molecule has 0 aliphatic carbocycles. The minimum Gasteiger partial charge on any atom is -0.388 e. The van der Waals surface area contributed by atoms with E-state index in [1.807, 2.05) is 6.07 Å². The van der Waals surface area contributed by atoms with E-state index < -0.39 is 0 Å². The van der Waals surface area contributed by atoms with Crippen LogP contribution in [0, 0.1) is 5.41 Å². The van der Waals surface area contributed by atoms with Crippen LogP contribution in [-0.4, -0.2) is 23.8 Å². The standard InChI is InChI=1S/C17H29N3/c1-3-5-12-20(13-6-4-2)16(14-17(18)19)15-10-8-7-9-11-15/h7-11,16H,3-6,12-14H2,1-2H3,(H3,18,19). The largest absolute Gasteiger partial charge is 0.388 e. The molecule has 0 saturated heterocycles. The Hall–Kier alpha value is -1.35. The first-order valence-corrected chi connectivity index (χ1v) is 7.80. The van der Waals surface area contributed by atoms with Crippen molar-refractivity contribution in [1.29, 1.82) is 5.41 Å². The summed E-state index contributed by atoms with van der Waals surface area (Å²) >= 11 is 0. The monoisotopic (exact) mass is 275 g/mol. The smallest absolute Gasteiger partial charge is 0.0924 e. The van der Waals surface area contributed by atoms with E-state index >= 15 is 0 Å². The van der Waals surface area contributed by atoms with Crippen molar-refractivity contribution in [3.05, 3.63) is 35.9 Å². The van der Waals surface area contributed by atoms with Gasteiger partial charge in [-0.15, -0.1) is 0 Å². The van der Waals surface area contributed by atoms with Crippen molar-refractivity contribution < 1.29 is 0 Å². The number of nitrogens with one attached hydrogen (secondary N) is 1. The van der Waals surface area contributed by atoms with Crippen molar-refractivity contribution in [2.24, 2.45) is 5.73 Å². The fourth-order valence-corrected chi connectivity index (χ4v) is 2.49. The quantitative estimate of drug-likeness (QED) is 0.501. The summed E-state index contributed by atoms with van der Waals surface area (Å²) in [6, 6.07) is 10.7. The second-order valence-electron chi connectivity index (χ2n) is 5.40. The van der Waals surface area contributed by atoms with Crippen LogP contribution in [-0.2, 0) is 0 Å². The third kappa shape index (κ3) is 5.74. The maximum Gasteiger partial charge on any atom is 0.0924 e. The summed E-state index contributed by atoms with van der Waals surface area (Å²) in [7, 11) is 0. The molecule has 0 heterocycles. The van der Waals surface area contributed by atoms with Crippen LogP contribution in [0.1, 0.15) is 57.6 Å². The highest BCUT2D eigenvalue weighted by atomic mass is 15.2. The molecule has 3 nitrogen and oxygen atoms in total. The van der Waals surface area contributed by atoms with Gasteiger partial charge in [-0.2, -0.15) is 0 Å². The number of unbranched alkanes of at least 4 members (excludes halogenated alkanes) is 2. The van der Waals surface area contributed by atoms with Crippen LogP contribution in [0.15, 0.2) is 30.3 Å². The van der Waals surface area contributed by atoms with Gasteiger partial charge in [0.2, 0.25) is 0 Å². The van der Waals surface area contributed by atoms with Gasteiger partial charge < -0.3 is 5.73 Å². The molecule has 1 aromatic rings. The van der Waals surface area contributed by atoms with Crippen molar-refractivity contribution >= 4 is 5.84 Å². The van der Waals surface area contributed by atoms with Crippen molar-refractivity contribution in [2.45, 2.75) is 52.0 Å².